The third kappa shape index (κ3) is 10.8. The molecule has 0 aliphatic carbocycles. The molecule has 0 radical (unpaired) electrons. The molecule has 13 nitrogen and oxygen atoms in total. The first-order chi connectivity index (χ1) is 30.1. The number of benzene rings is 4. The second-order valence-electron chi connectivity index (χ2n) is 14.2. The SMILES string of the molecule is C[C@H](NC(=O)NCc1nc2cccnc2n1Cc1ccc(F)cc1)c1ccccc1.O=C(NCc1nc2cccnc2n1Cc1ccc(F)c(F)c1)N[C@@H](CO)c1ccccc1. The number of nitrogens with one attached hydrogen (secondary N) is 4. The largest absolute Gasteiger partial charge is 0.394 e. The highest BCUT2D eigenvalue weighted by Gasteiger charge is 2.18. The van der Waals surface area contributed by atoms with Crippen molar-refractivity contribution in [1.82, 2.24) is 50.3 Å². The molecule has 4 aromatic carbocycles. The zero-order valence-corrected chi connectivity index (χ0v) is 33.6. The van der Waals surface area contributed by atoms with Gasteiger partial charge in [0.2, 0.25) is 0 Å². The van der Waals surface area contributed by atoms with E-state index < -0.39 is 23.7 Å². The van der Waals surface area contributed by atoms with E-state index in [1.807, 2.05) is 84.3 Å². The first kappa shape index (κ1) is 42.5. The van der Waals surface area contributed by atoms with Crippen LogP contribution in [-0.2, 0) is 26.2 Å². The van der Waals surface area contributed by atoms with Crippen LogP contribution < -0.4 is 21.3 Å². The van der Waals surface area contributed by atoms with Crippen molar-refractivity contribution in [3.05, 3.63) is 191 Å². The quantitative estimate of drug-likeness (QED) is 0.0804. The van der Waals surface area contributed by atoms with Gasteiger partial charge >= 0.3 is 12.1 Å². The topological polar surface area (TPSA) is 164 Å². The molecule has 0 saturated carbocycles. The van der Waals surface area contributed by atoms with E-state index in [1.165, 1.54) is 18.2 Å². The molecule has 8 rings (SSSR count). The fourth-order valence-corrected chi connectivity index (χ4v) is 6.73. The Hall–Kier alpha value is -7.59. The van der Waals surface area contributed by atoms with Crippen molar-refractivity contribution in [2.75, 3.05) is 6.61 Å². The molecule has 0 spiro atoms. The van der Waals surface area contributed by atoms with Crippen LogP contribution in [-0.4, -0.2) is 52.8 Å². The summed E-state index contributed by atoms with van der Waals surface area (Å²) >= 11 is 0. The Morgan fingerprint density at radius 1 is 0.613 bits per heavy atom. The number of hydrogen-bond acceptors (Lipinski definition) is 7. The van der Waals surface area contributed by atoms with Gasteiger partial charge in [0.15, 0.2) is 22.9 Å². The maximum absolute atomic E-state index is 13.7. The summed E-state index contributed by atoms with van der Waals surface area (Å²) in [4.78, 5) is 42.8. The Morgan fingerprint density at radius 3 is 1.68 bits per heavy atom. The van der Waals surface area contributed by atoms with E-state index in [9.17, 15) is 27.9 Å². The van der Waals surface area contributed by atoms with Gasteiger partial charge in [0.1, 0.15) is 28.5 Å². The van der Waals surface area contributed by atoms with Gasteiger partial charge < -0.3 is 35.5 Å². The molecular weight excluding hydrogens is 798 g/mol. The molecule has 0 unspecified atom stereocenters. The maximum Gasteiger partial charge on any atom is 0.315 e. The van der Waals surface area contributed by atoms with Crippen molar-refractivity contribution < 1.29 is 27.9 Å². The lowest BCUT2D eigenvalue weighted by atomic mass is 10.1. The molecule has 5 N–H and O–H groups in total. The van der Waals surface area contributed by atoms with Gasteiger partial charge in [-0.1, -0.05) is 78.9 Å². The van der Waals surface area contributed by atoms with E-state index >= 15 is 0 Å². The minimum Gasteiger partial charge on any atom is -0.394 e. The molecule has 0 bridgehead atoms. The molecule has 4 heterocycles. The van der Waals surface area contributed by atoms with E-state index in [1.54, 1.807) is 41.2 Å². The number of nitrogens with zero attached hydrogens (tertiary/aromatic N) is 6. The molecule has 0 saturated heterocycles. The highest BCUT2D eigenvalue weighted by atomic mass is 19.2. The van der Waals surface area contributed by atoms with Gasteiger partial charge in [0.05, 0.1) is 44.9 Å². The predicted octanol–water partition coefficient (Wildman–Crippen LogP) is 7.47. The number of aliphatic hydroxyl groups is 1. The molecule has 62 heavy (non-hydrogen) atoms. The molecule has 8 aromatic rings. The Balaban J connectivity index is 0.000000187. The van der Waals surface area contributed by atoms with Gasteiger partial charge in [-0.05, 0) is 77.7 Å². The van der Waals surface area contributed by atoms with Crippen molar-refractivity contribution in [3.8, 4) is 0 Å². The molecule has 0 fully saturated rings. The molecule has 0 aliphatic rings. The zero-order valence-electron chi connectivity index (χ0n) is 33.6. The fraction of sp³-hybridized carbons (Fsp3) is 0.174. The van der Waals surface area contributed by atoms with Gasteiger partial charge in [-0.3, -0.25) is 0 Å². The fourth-order valence-electron chi connectivity index (χ4n) is 6.73. The number of imidazole rings is 2. The summed E-state index contributed by atoms with van der Waals surface area (Å²) in [5.41, 5.74) is 5.90. The van der Waals surface area contributed by atoms with Crippen LogP contribution in [0.3, 0.4) is 0 Å². The van der Waals surface area contributed by atoms with Crippen molar-refractivity contribution >= 4 is 34.4 Å². The van der Waals surface area contributed by atoms with E-state index in [4.69, 9.17) is 0 Å². The summed E-state index contributed by atoms with van der Waals surface area (Å²) in [6.07, 6.45) is 3.32. The van der Waals surface area contributed by atoms with Gasteiger partial charge in [-0.25, -0.2) is 42.7 Å². The molecule has 4 amide bonds. The Morgan fingerprint density at radius 2 is 1.13 bits per heavy atom. The van der Waals surface area contributed by atoms with E-state index in [2.05, 4.69) is 41.2 Å². The van der Waals surface area contributed by atoms with Crippen LogP contribution in [0, 0.1) is 17.5 Å². The second-order valence-corrected chi connectivity index (χ2v) is 14.2. The lowest BCUT2D eigenvalue weighted by Gasteiger charge is -2.17. The normalized spacial score (nSPS) is 12.0. The highest BCUT2D eigenvalue weighted by molar-refractivity contribution is 5.76. The van der Waals surface area contributed by atoms with Gasteiger partial charge in [0, 0.05) is 12.4 Å². The number of halogens is 3. The van der Waals surface area contributed by atoms with Crippen LogP contribution in [0.15, 0.2) is 140 Å². The number of carbonyl (C=O) groups is 2. The van der Waals surface area contributed by atoms with Crippen LogP contribution in [0.1, 0.15) is 52.9 Å². The predicted molar refractivity (Wildman–Crippen MR) is 228 cm³/mol. The maximum atomic E-state index is 13.7. The zero-order chi connectivity index (χ0) is 43.4. The van der Waals surface area contributed by atoms with Gasteiger partial charge in [-0.15, -0.1) is 0 Å². The van der Waals surface area contributed by atoms with Crippen LogP contribution in [0.2, 0.25) is 0 Å². The highest BCUT2D eigenvalue weighted by Crippen LogP contribution is 2.19. The van der Waals surface area contributed by atoms with E-state index in [-0.39, 0.29) is 44.1 Å². The molecule has 16 heteroatoms. The molecular formula is C46H43F3N10O3. The first-order valence-corrected chi connectivity index (χ1v) is 19.7. The summed E-state index contributed by atoms with van der Waals surface area (Å²) in [6, 6.07) is 34.7. The third-order valence-corrected chi connectivity index (χ3v) is 9.90. The molecule has 4 aromatic heterocycles. The minimum absolute atomic E-state index is 0.0683. The average Bonchev–Trinajstić information content (AvgIpc) is 3.83. The molecule has 316 valence electrons. The van der Waals surface area contributed by atoms with Crippen LogP contribution in [0.25, 0.3) is 22.3 Å². The average molecular weight is 841 g/mol. The van der Waals surface area contributed by atoms with Gasteiger partial charge in [-0.2, -0.15) is 0 Å². The van der Waals surface area contributed by atoms with Gasteiger partial charge in [0.25, 0.3) is 0 Å². The van der Waals surface area contributed by atoms with Crippen molar-refractivity contribution in [2.45, 2.75) is 45.2 Å². The molecule has 0 aliphatic heterocycles. The number of urea groups is 2. The Labute approximate surface area is 354 Å². The first-order valence-electron chi connectivity index (χ1n) is 19.7. The number of amides is 4. The number of hydrogen-bond donors (Lipinski definition) is 5. The smallest absolute Gasteiger partial charge is 0.315 e. The van der Waals surface area contributed by atoms with E-state index in [0.717, 1.165) is 40.0 Å². The minimum atomic E-state index is -0.935. The number of fused-ring (bicyclic) bond motifs is 2. The summed E-state index contributed by atoms with van der Waals surface area (Å²) in [7, 11) is 0. The van der Waals surface area contributed by atoms with Crippen molar-refractivity contribution in [2.24, 2.45) is 0 Å². The van der Waals surface area contributed by atoms with Crippen LogP contribution >= 0.6 is 0 Å². The number of rotatable bonds is 13. The lowest BCUT2D eigenvalue weighted by molar-refractivity contribution is 0.216. The number of pyridine rings is 2. The molecule has 2 atom stereocenters. The van der Waals surface area contributed by atoms with Crippen molar-refractivity contribution in [1.29, 1.82) is 0 Å². The number of aromatic nitrogens is 6. The Kier molecular flexibility index (Phi) is 13.8. The monoisotopic (exact) mass is 840 g/mol. The standard InChI is InChI=1S/C23H21F2N5O2.C23H22FN5O/c24-17-9-8-15(11-18(17)25)13-30-21(28-19-7-4-10-26-22(19)30)12-27-23(32)29-20(14-31)16-5-2-1-3-6-16;1-16(18-6-3-2-4-7-18)27-23(30)26-14-21-28-20-8-5-13-25-22(20)29(21)15-17-9-11-19(24)12-10-17/h1-11,20,31H,12-14H2,(H2,27,29,32);2-13,16H,14-15H2,1H3,(H2,26,27,30)/t20-;16-/m00/s1. The van der Waals surface area contributed by atoms with Crippen LogP contribution in [0.5, 0.6) is 0 Å². The summed E-state index contributed by atoms with van der Waals surface area (Å²) < 4.78 is 43.9. The Bertz CT molecular complexity index is 2750. The van der Waals surface area contributed by atoms with Crippen molar-refractivity contribution in [3.63, 3.8) is 0 Å². The second kappa shape index (κ2) is 20.1. The summed E-state index contributed by atoms with van der Waals surface area (Å²) in [6.45, 7) is 2.67. The van der Waals surface area contributed by atoms with E-state index in [0.29, 0.717) is 34.9 Å². The third-order valence-electron chi connectivity index (χ3n) is 9.90. The van der Waals surface area contributed by atoms with Crippen LogP contribution in [0.4, 0.5) is 22.8 Å². The number of aliphatic hydroxyl groups excluding tert-OH is 1. The number of carbonyl (C=O) groups excluding carboxylic acids is 2. The summed E-state index contributed by atoms with van der Waals surface area (Å²) in [5.74, 6) is -0.958. The summed E-state index contributed by atoms with van der Waals surface area (Å²) in [5, 5.41) is 20.9. The lowest BCUT2D eigenvalue weighted by Crippen LogP contribution is -2.39.